The summed E-state index contributed by atoms with van der Waals surface area (Å²) in [6.45, 7) is 21.4. The molecule has 0 aliphatic carbocycles. The van der Waals surface area contributed by atoms with E-state index < -0.39 is 16.4 Å². The number of ether oxygens (including phenoxy) is 1. The molecule has 0 saturated heterocycles. The number of rotatable bonds is 10. The quantitative estimate of drug-likeness (QED) is 0.357. The Kier molecular flexibility index (Phi) is 13.4. The Hall–Kier alpha value is 0.0188. The molecular weight excluding hydrogens is 649 g/mol. The van der Waals surface area contributed by atoms with Gasteiger partial charge in [-0.15, -0.1) is 0 Å². The monoisotopic (exact) mass is 692 g/mol. The van der Waals surface area contributed by atoms with Crippen LogP contribution in [0.2, 0.25) is 30.7 Å². The molecule has 2 rings (SSSR count). The predicted molar refractivity (Wildman–Crippen MR) is 141 cm³/mol. The largest absolute Gasteiger partial charge is 1.00 e. The minimum Gasteiger partial charge on any atom is -1.00 e. The van der Waals surface area contributed by atoms with E-state index in [0.717, 1.165) is 6.61 Å². The molecule has 2 aromatic rings. The van der Waals surface area contributed by atoms with Gasteiger partial charge in [-0.05, 0) is 42.2 Å². The Morgan fingerprint density at radius 1 is 0.818 bits per heavy atom. The molecule has 1 atom stereocenters. The second-order valence-electron chi connectivity index (χ2n) is 11.4. The Labute approximate surface area is 232 Å². The summed E-state index contributed by atoms with van der Waals surface area (Å²) in [6.07, 6.45) is 2.21. The summed E-state index contributed by atoms with van der Waals surface area (Å²) in [7, 11) is -3.66. The summed E-state index contributed by atoms with van der Waals surface area (Å²) < 4.78 is 13.5. The summed E-state index contributed by atoms with van der Waals surface area (Å²) in [5.41, 5.74) is -0.329. The van der Waals surface area contributed by atoms with Crippen LogP contribution in [0.25, 0.3) is 0 Å². The van der Waals surface area contributed by atoms with E-state index in [1.54, 1.807) is 0 Å². The molecule has 0 aromatic heterocycles. The molecule has 180 valence electrons. The zero-order valence-electron chi connectivity index (χ0n) is 22.2. The molecule has 6 heteroatoms. The van der Waals surface area contributed by atoms with Crippen LogP contribution >= 0.6 is 0 Å². The Bertz CT molecular complexity index is 763. The van der Waals surface area contributed by atoms with E-state index in [1.165, 1.54) is 16.4 Å². The minimum absolute atomic E-state index is 0. The van der Waals surface area contributed by atoms with Crippen LogP contribution in [0.4, 0.5) is 0 Å². The van der Waals surface area contributed by atoms with Gasteiger partial charge in [0.15, 0.2) is 0 Å². The van der Waals surface area contributed by atoms with Crippen molar-refractivity contribution in [2.45, 2.75) is 84.0 Å². The second-order valence-corrected chi connectivity index (χ2v) is 21.3. The van der Waals surface area contributed by atoms with E-state index in [1.807, 2.05) is 0 Å². The minimum atomic E-state index is -2.55. The fourth-order valence-corrected chi connectivity index (χ4v) is 9.59. The maximum atomic E-state index is 7.17. The first kappa shape index (κ1) is 33.0. The van der Waals surface area contributed by atoms with E-state index in [0.29, 0.717) is 0 Å². The number of benzene rings is 2. The Morgan fingerprint density at radius 2 is 1.24 bits per heavy atom. The van der Waals surface area contributed by atoms with E-state index in [-0.39, 0.29) is 56.8 Å². The Balaban J connectivity index is 0.00000512. The summed E-state index contributed by atoms with van der Waals surface area (Å²) in [5, 5.41) is 2.60. The molecule has 0 heterocycles. The Morgan fingerprint density at radius 3 is 1.61 bits per heavy atom. The first-order valence-electron chi connectivity index (χ1n) is 11.6. The van der Waals surface area contributed by atoms with Crippen LogP contribution in [0.3, 0.4) is 0 Å². The van der Waals surface area contributed by atoms with Gasteiger partial charge in [0.05, 0.1) is 5.60 Å². The van der Waals surface area contributed by atoms with Crippen LogP contribution in [0.15, 0.2) is 60.7 Å². The summed E-state index contributed by atoms with van der Waals surface area (Å²) in [4.78, 5) is 0. The van der Waals surface area contributed by atoms with Gasteiger partial charge in [0.2, 0.25) is 0 Å². The van der Waals surface area contributed by atoms with Crippen molar-refractivity contribution in [2.75, 3.05) is 6.61 Å². The van der Waals surface area contributed by atoms with Crippen molar-refractivity contribution in [2.24, 2.45) is 0 Å². The van der Waals surface area contributed by atoms with Crippen molar-refractivity contribution in [1.82, 2.24) is 0 Å². The molecule has 0 bridgehead atoms. The van der Waals surface area contributed by atoms with Crippen LogP contribution in [-0.2, 0) is 36.8 Å². The van der Waals surface area contributed by atoms with E-state index >= 15 is 0 Å². The normalized spacial score (nSPS) is 13.6. The maximum absolute atomic E-state index is 7.17. The third-order valence-electron chi connectivity index (χ3n) is 5.74. The summed E-state index contributed by atoms with van der Waals surface area (Å²) >= 11 is 0. The molecule has 0 aliphatic rings. The topological polar surface area (TPSA) is 18.5 Å². The molecule has 0 spiro atoms. The van der Waals surface area contributed by atoms with Crippen molar-refractivity contribution in [3.8, 4) is 0 Å². The SMILES string of the molecule is C[C@@H]([CH]C(C)(C)OCC[Si](C)(C)C)O[Si](c1ccccc1)(c1ccccc1)C(C)(C)C.[Cl-].[Hg+]. The van der Waals surface area contributed by atoms with Gasteiger partial charge in [0.25, 0.3) is 8.32 Å². The zero-order chi connectivity index (χ0) is 23.3. The average Bonchev–Trinajstić information content (AvgIpc) is 2.65. The van der Waals surface area contributed by atoms with Crippen molar-refractivity contribution < 1.29 is 49.2 Å². The van der Waals surface area contributed by atoms with Crippen LogP contribution in [0, 0.1) is 6.42 Å². The number of halogens is 1. The van der Waals surface area contributed by atoms with Gasteiger partial charge in [-0.3, -0.25) is 0 Å². The molecule has 2 nitrogen and oxygen atoms in total. The van der Waals surface area contributed by atoms with Gasteiger partial charge >= 0.3 is 27.7 Å². The predicted octanol–water partition coefficient (Wildman–Crippen LogP) is 3.29. The maximum Gasteiger partial charge on any atom is 1.00 e. The smallest absolute Gasteiger partial charge is 1.00 e. The van der Waals surface area contributed by atoms with Crippen molar-refractivity contribution in [3.63, 3.8) is 0 Å². The van der Waals surface area contributed by atoms with E-state index in [9.17, 15) is 0 Å². The molecule has 0 fully saturated rings. The van der Waals surface area contributed by atoms with Crippen LogP contribution in [-0.4, -0.2) is 34.7 Å². The molecule has 2 radical (unpaired) electrons. The van der Waals surface area contributed by atoms with Gasteiger partial charge < -0.3 is 21.6 Å². The fourth-order valence-electron chi connectivity index (χ4n) is 4.24. The molecule has 0 amide bonds. The standard InChI is InChI=1S/C27H43O2Si2.ClH.Hg/c1-23(22-27(5,6)28-20-21-30(7,8)9)29-31(26(2,3)4,24-16-12-10-13-17-24)25-18-14-11-15-19-25;;/h10-19,22-23H,20-21H2,1-9H3;1H;/q;;+1/p-1/t23-;;/m0../s1. The zero-order valence-corrected chi connectivity index (χ0v) is 30.5. The molecule has 0 aliphatic heterocycles. The average molecular weight is 692 g/mol. The third kappa shape index (κ3) is 9.53. The van der Waals surface area contributed by atoms with Crippen molar-refractivity contribution >= 4 is 26.8 Å². The van der Waals surface area contributed by atoms with E-state index in [4.69, 9.17) is 9.16 Å². The third-order valence-corrected chi connectivity index (χ3v) is 12.6. The first-order chi connectivity index (χ1) is 14.3. The molecule has 0 N–H and O–H groups in total. The van der Waals surface area contributed by atoms with Crippen LogP contribution < -0.4 is 22.8 Å². The molecule has 2 aromatic carbocycles. The van der Waals surface area contributed by atoms with Gasteiger partial charge in [-0.1, -0.05) is 101 Å². The molecular formula is C27H43ClHgO2Si2. The molecule has 0 unspecified atom stereocenters. The summed E-state index contributed by atoms with van der Waals surface area (Å²) in [5.74, 6) is 0. The number of hydrogen-bond acceptors (Lipinski definition) is 2. The van der Waals surface area contributed by atoms with Gasteiger partial charge in [-0.25, -0.2) is 0 Å². The molecule has 33 heavy (non-hydrogen) atoms. The van der Waals surface area contributed by atoms with E-state index in [2.05, 4.69) is 128 Å². The van der Waals surface area contributed by atoms with Gasteiger partial charge in [0, 0.05) is 27.2 Å². The van der Waals surface area contributed by atoms with Gasteiger partial charge in [-0.2, -0.15) is 0 Å². The van der Waals surface area contributed by atoms with Crippen LogP contribution in [0.5, 0.6) is 0 Å². The number of hydrogen-bond donors (Lipinski definition) is 0. The van der Waals surface area contributed by atoms with Gasteiger partial charge in [0.1, 0.15) is 0 Å². The second kappa shape index (κ2) is 13.4. The van der Waals surface area contributed by atoms with Crippen LogP contribution in [0.1, 0.15) is 41.5 Å². The van der Waals surface area contributed by atoms with Crippen molar-refractivity contribution in [1.29, 1.82) is 0 Å². The van der Waals surface area contributed by atoms with Crippen molar-refractivity contribution in [3.05, 3.63) is 67.1 Å². The summed E-state index contributed by atoms with van der Waals surface area (Å²) in [6, 6.07) is 22.8. The fraction of sp³-hybridized carbons (Fsp3) is 0.519. The first-order valence-corrected chi connectivity index (χ1v) is 17.2. The molecule has 0 saturated carbocycles.